The summed E-state index contributed by atoms with van der Waals surface area (Å²) in [7, 11) is 2.05. The van der Waals surface area contributed by atoms with Crippen LogP contribution in [0.1, 0.15) is 30.8 Å². The van der Waals surface area contributed by atoms with Crippen LogP contribution in [0.5, 0.6) is 0 Å². The van der Waals surface area contributed by atoms with Gasteiger partial charge in [0, 0.05) is 6.04 Å². The monoisotopic (exact) mass is 209 g/mol. The molecule has 1 heterocycles. The summed E-state index contributed by atoms with van der Waals surface area (Å²) in [5.41, 5.74) is 0. The van der Waals surface area contributed by atoms with Crippen molar-refractivity contribution in [3.05, 3.63) is 23.7 Å². The van der Waals surface area contributed by atoms with Crippen molar-refractivity contribution in [2.45, 2.75) is 44.9 Å². The maximum Gasteiger partial charge on any atom is 0.118 e. The van der Waals surface area contributed by atoms with Crippen LogP contribution in [0.25, 0.3) is 0 Å². The standard InChI is InChI=1S/C12H19NO2/c1-9-6-7-10(15-9)8-13(2)11-4-3-5-12(11)14/h6-7,11-12,14H,3-5,8H2,1-2H3/t11-,12-/m1/s1. The van der Waals surface area contributed by atoms with E-state index in [1.165, 1.54) is 0 Å². The Balaban J connectivity index is 1.94. The number of likely N-dealkylation sites (N-methyl/N-ethyl adjacent to an activating group) is 1. The smallest absolute Gasteiger partial charge is 0.118 e. The van der Waals surface area contributed by atoms with Gasteiger partial charge in [0.15, 0.2) is 0 Å². The van der Waals surface area contributed by atoms with Gasteiger partial charge in [0.25, 0.3) is 0 Å². The zero-order valence-corrected chi connectivity index (χ0v) is 9.44. The topological polar surface area (TPSA) is 36.6 Å². The molecule has 1 N–H and O–H groups in total. The number of aryl methyl sites for hydroxylation is 1. The summed E-state index contributed by atoms with van der Waals surface area (Å²) < 4.78 is 5.53. The first kappa shape index (κ1) is 10.7. The fraction of sp³-hybridized carbons (Fsp3) is 0.667. The normalized spacial score (nSPS) is 26.4. The lowest BCUT2D eigenvalue weighted by Crippen LogP contribution is -2.36. The summed E-state index contributed by atoms with van der Waals surface area (Å²) in [4.78, 5) is 2.19. The predicted molar refractivity (Wildman–Crippen MR) is 58.6 cm³/mol. The minimum atomic E-state index is -0.161. The van der Waals surface area contributed by atoms with Crippen LogP contribution in [0, 0.1) is 6.92 Å². The minimum absolute atomic E-state index is 0.161. The first-order valence-corrected chi connectivity index (χ1v) is 5.60. The SMILES string of the molecule is Cc1ccc(CN(C)[C@@H]2CCC[C@H]2O)o1. The minimum Gasteiger partial charge on any atom is -0.465 e. The number of aliphatic hydroxyl groups excluding tert-OH is 1. The van der Waals surface area contributed by atoms with E-state index in [4.69, 9.17) is 4.42 Å². The Bertz CT molecular complexity index is 321. The Hall–Kier alpha value is -0.800. The average molecular weight is 209 g/mol. The van der Waals surface area contributed by atoms with Gasteiger partial charge in [-0.05, 0) is 45.4 Å². The average Bonchev–Trinajstić information content (AvgIpc) is 2.75. The molecule has 0 bridgehead atoms. The molecule has 0 aliphatic heterocycles. The molecule has 0 spiro atoms. The molecule has 3 heteroatoms. The number of hydrogen-bond donors (Lipinski definition) is 1. The van der Waals surface area contributed by atoms with E-state index >= 15 is 0 Å². The van der Waals surface area contributed by atoms with Crippen molar-refractivity contribution < 1.29 is 9.52 Å². The Morgan fingerprint density at radius 1 is 1.47 bits per heavy atom. The van der Waals surface area contributed by atoms with Crippen molar-refractivity contribution in [1.29, 1.82) is 0 Å². The van der Waals surface area contributed by atoms with Gasteiger partial charge in [-0.15, -0.1) is 0 Å². The molecule has 84 valence electrons. The lowest BCUT2D eigenvalue weighted by atomic mass is 10.2. The van der Waals surface area contributed by atoms with Crippen LogP contribution < -0.4 is 0 Å². The molecule has 2 atom stereocenters. The Kier molecular flexibility index (Phi) is 3.12. The second-order valence-electron chi connectivity index (χ2n) is 4.49. The third-order valence-electron chi connectivity index (χ3n) is 3.21. The van der Waals surface area contributed by atoms with E-state index in [2.05, 4.69) is 11.9 Å². The second kappa shape index (κ2) is 4.37. The number of hydrogen-bond acceptors (Lipinski definition) is 3. The summed E-state index contributed by atoms with van der Waals surface area (Å²) in [5.74, 6) is 1.93. The van der Waals surface area contributed by atoms with Gasteiger partial charge < -0.3 is 9.52 Å². The Morgan fingerprint density at radius 2 is 2.27 bits per heavy atom. The third-order valence-corrected chi connectivity index (χ3v) is 3.21. The molecule has 1 fully saturated rings. The van der Waals surface area contributed by atoms with E-state index in [-0.39, 0.29) is 6.10 Å². The molecular formula is C12H19NO2. The van der Waals surface area contributed by atoms with Crippen LogP contribution in [-0.2, 0) is 6.54 Å². The van der Waals surface area contributed by atoms with Gasteiger partial charge >= 0.3 is 0 Å². The molecule has 0 aromatic carbocycles. The van der Waals surface area contributed by atoms with Crippen molar-refractivity contribution in [2.75, 3.05) is 7.05 Å². The summed E-state index contributed by atoms with van der Waals surface area (Å²) in [6.45, 7) is 2.74. The lowest BCUT2D eigenvalue weighted by Gasteiger charge is -2.25. The van der Waals surface area contributed by atoms with Gasteiger partial charge in [0.2, 0.25) is 0 Å². The first-order chi connectivity index (χ1) is 7.16. The van der Waals surface area contributed by atoms with Gasteiger partial charge in [0.1, 0.15) is 11.5 Å². The maximum absolute atomic E-state index is 9.77. The lowest BCUT2D eigenvalue weighted by molar-refractivity contribution is 0.0786. The molecule has 15 heavy (non-hydrogen) atoms. The summed E-state index contributed by atoms with van der Waals surface area (Å²) in [5, 5.41) is 9.77. The summed E-state index contributed by atoms with van der Waals surface area (Å²) >= 11 is 0. The van der Waals surface area contributed by atoms with Crippen LogP contribution in [0.3, 0.4) is 0 Å². The molecule has 3 nitrogen and oxygen atoms in total. The van der Waals surface area contributed by atoms with Gasteiger partial charge in [0.05, 0.1) is 12.6 Å². The third kappa shape index (κ3) is 2.41. The van der Waals surface area contributed by atoms with Crippen LogP contribution in [0.4, 0.5) is 0 Å². The molecule has 1 saturated carbocycles. The van der Waals surface area contributed by atoms with Crippen molar-refractivity contribution in [3.8, 4) is 0 Å². The zero-order valence-electron chi connectivity index (χ0n) is 9.44. The summed E-state index contributed by atoms with van der Waals surface area (Å²) in [6.07, 6.45) is 3.00. The van der Waals surface area contributed by atoms with E-state index in [0.29, 0.717) is 6.04 Å². The molecule has 0 amide bonds. The molecular weight excluding hydrogens is 190 g/mol. The second-order valence-corrected chi connectivity index (χ2v) is 4.49. The molecule has 0 radical (unpaired) electrons. The quantitative estimate of drug-likeness (QED) is 0.826. The van der Waals surface area contributed by atoms with Crippen LogP contribution in [-0.4, -0.2) is 29.2 Å². The molecule has 0 unspecified atom stereocenters. The predicted octanol–water partition coefficient (Wildman–Crippen LogP) is 1.93. The zero-order chi connectivity index (χ0) is 10.8. The highest BCUT2D eigenvalue weighted by Crippen LogP contribution is 2.24. The fourth-order valence-electron chi connectivity index (χ4n) is 2.37. The molecule has 1 aromatic heterocycles. The van der Waals surface area contributed by atoms with Gasteiger partial charge in [-0.2, -0.15) is 0 Å². The number of rotatable bonds is 3. The van der Waals surface area contributed by atoms with E-state index in [0.717, 1.165) is 37.3 Å². The van der Waals surface area contributed by atoms with Gasteiger partial charge in [-0.25, -0.2) is 0 Å². The number of aliphatic hydroxyl groups is 1. The largest absolute Gasteiger partial charge is 0.465 e. The van der Waals surface area contributed by atoms with E-state index in [9.17, 15) is 5.11 Å². The summed E-state index contributed by atoms with van der Waals surface area (Å²) in [6, 6.07) is 4.29. The highest BCUT2D eigenvalue weighted by molar-refractivity contribution is 5.05. The van der Waals surface area contributed by atoms with Crippen molar-refractivity contribution in [3.63, 3.8) is 0 Å². The highest BCUT2D eigenvalue weighted by atomic mass is 16.3. The molecule has 1 aliphatic rings. The van der Waals surface area contributed by atoms with E-state index < -0.39 is 0 Å². The maximum atomic E-state index is 9.77. The molecule has 0 saturated heterocycles. The molecule has 1 aromatic rings. The number of furan rings is 1. The van der Waals surface area contributed by atoms with Gasteiger partial charge in [-0.3, -0.25) is 4.90 Å². The highest BCUT2D eigenvalue weighted by Gasteiger charge is 2.28. The molecule has 1 aliphatic carbocycles. The Morgan fingerprint density at radius 3 is 2.80 bits per heavy atom. The van der Waals surface area contributed by atoms with Crippen LogP contribution in [0.2, 0.25) is 0 Å². The first-order valence-electron chi connectivity index (χ1n) is 5.60. The van der Waals surface area contributed by atoms with Crippen molar-refractivity contribution >= 4 is 0 Å². The van der Waals surface area contributed by atoms with Gasteiger partial charge in [-0.1, -0.05) is 0 Å². The fourth-order valence-corrected chi connectivity index (χ4v) is 2.37. The van der Waals surface area contributed by atoms with Crippen LogP contribution >= 0.6 is 0 Å². The molecule has 2 rings (SSSR count). The van der Waals surface area contributed by atoms with E-state index in [1.54, 1.807) is 0 Å². The van der Waals surface area contributed by atoms with Crippen molar-refractivity contribution in [2.24, 2.45) is 0 Å². The Labute approximate surface area is 90.7 Å². The van der Waals surface area contributed by atoms with Crippen LogP contribution in [0.15, 0.2) is 16.5 Å². The number of nitrogens with zero attached hydrogens (tertiary/aromatic N) is 1. The van der Waals surface area contributed by atoms with E-state index in [1.807, 2.05) is 19.1 Å². The van der Waals surface area contributed by atoms with Crippen molar-refractivity contribution in [1.82, 2.24) is 4.90 Å².